The van der Waals surface area contributed by atoms with Crippen LogP contribution in [-0.4, -0.2) is 51.3 Å². The van der Waals surface area contributed by atoms with Crippen molar-refractivity contribution in [3.63, 3.8) is 0 Å². The molecule has 0 saturated carbocycles. The Labute approximate surface area is 128 Å². The Morgan fingerprint density at radius 2 is 2.00 bits per heavy atom. The summed E-state index contributed by atoms with van der Waals surface area (Å²) in [5, 5.41) is 3.44. The molecule has 1 aromatic rings. The molecule has 1 aliphatic rings. The molecule has 1 aliphatic heterocycles. The Hall–Kier alpha value is -1.26. The molecule has 4 nitrogen and oxygen atoms in total. The Kier molecular flexibility index (Phi) is 6.33. The molecular weight excluding hydrogens is 264 g/mol. The number of benzene rings is 1. The average molecular weight is 292 g/mol. The smallest absolute Gasteiger partial charge is 0.161 e. The van der Waals surface area contributed by atoms with Crippen molar-refractivity contribution in [2.24, 2.45) is 0 Å². The summed E-state index contributed by atoms with van der Waals surface area (Å²) in [5.41, 5.74) is 1.29. The molecule has 21 heavy (non-hydrogen) atoms. The Balaban J connectivity index is 1.99. The van der Waals surface area contributed by atoms with Crippen molar-refractivity contribution in [2.75, 3.05) is 40.4 Å². The van der Waals surface area contributed by atoms with Crippen LogP contribution in [-0.2, 0) is 6.42 Å². The zero-order valence-electron chi connectivity index (χ0n) is 13.5. The lowest BCUT2D eigenvalue weighted by Crippen LogP contribution is -2.39. The van der Waals surface area contributed by atoms with Gasteiger partial charge in [-0.15, -0.1) is 0 Å². The number of hydrogen-bond donors (Lipinski definition) is 1. The summed E-state index contributed by atoms with van der Waals surface area (Å²) in [5.74, 6) is 1.65. The van der Waals surface area contributed by atoms with Crippen molar-refractivity contribution in [1.82, 2.24) is 10.2 Å². The first kappa shape index (κ1) is 16.1. The molecule has 1 heterocycles. The number of methoxy groups -OCH3 is 1. The van der Waals surface area contributed by atoms with E-state index in [2.05, 4.69) is 22.3 Å². The number of nitrogens with zero attached hydrogens (tertiary/aromatic N) is 1. The van der Waals surface area contributed by atoms with E-state index in [1.807, 2.05) is 20.0 Å². The minimum atomic E-state index is 0.478. The number of ether oxygens (including phenoxy) is 2. The lowest BCUT2D eigenvalue weighted by atomic mass is 10.0. The summed E-state index contributed by atoms with van der Waals surface area (Å²) in [6, 6.07) is 6.73. The van der Waals surface area contributed by atoms with Crippen LogP contribution < -0.4 is 14.8 Å². The normalized spacial score (nSPS) is 16.9. The third-order valence-corrected chi connectivity index (χ3v) is 4.10. The molecule has 0 bridgehead atoms. The Morgan fingerprint density at radius 3 is 2.62 bits per heavy atom. The molecular formula is C17H28N2O2. The molecule has 0 spiro atoms. The van der Waals surface area contributed by atoms with Gasteiger partial charge in [-0.3, -0.25) is 0 Å². The molecule has 0 radical (unpaired) electrons. The minimum Gasteiger partial charge on any atom is -0.493 e. The van der Waals surface area contributed by atoms with Crippen LogP contribution >= 0.6 is 0 Å². The van der Waals surface area contributed by atoms with E-state index in [9.17, 15) is 0 Å². The molecule has 1 fully saturated rings. The van der Waals surface area contributed by atoms with Crippen molar-refractivity contribution < 1.29 is 9.47 Å². The first-order chi connectivity index (χ1) is 10.3. The van der Waals surface area contributed by atoms with Gasteiger partial charge in [0.25, 0.3) is 0 Å². The van der Waals surface area contributed by atoms with E-state index < -0.39 is 0 Å². The SMILES string of the molecule is CCOc1ccc(CC(CN2CCCC2)NC)cc1OC. The van der Waals surface area contributed by atoms with Crippen LogP contribution in [0, 0.1) is 0 Å². The van der Waals surface area contributed by atoms with Crippen LogP contribution in [0.15, 0.2) is 18.2 Å². The van der Waals surface area contributed by atoms with Gasteiger partial charge in [0, 0.05) is 12.6 Å². The van der Waals surface area contributed by atoms with Gasteiger partial charge in [-0.05, 0) is 64.0 Å². The highest BCUT2D eigenvalue weighted by Crippen LogP contribution is 2.28. The van der Waals surface area contributed by atoms with Crippen molar-refractivity contribution in [2.45, 2.75) is 32.2 Å². The highest BCUT2D eigenvalue weighted by molar-refractivity contribution is 5.43. The zero-order chi connectivity index (χ0) is 15.1. The Morgan fingerprint density at radius 1 is 1.24 bits per heavy atom. The van der Waals surface area contributed by atoms with Crippen LogP contribution in [0.2, 0.25) is 0 Å². The molecule has 1 saturated heterocycles. The predicted molar refractivity (Wildman–Crippen MR) is 86.4 cm³/mol. The predicted octanol–water partition coefficient (Wildman–Crippen LogP) is 2.32. The molecule has 0 amide bonds. The number of nitrogens with one attached hydrogen (secondary N) is 1. The van der Waals surface area contributed by atoms with Gasteiger partial charge in [0.05, 0.1) is 13.7 Å². The second-order valence-corrected chi connectivity index (χ2v) is 5.62. The molecule has 0 aliphatic carbocycles. The average Bonchev–Trinajstić information content (AvgIpc) is 3.01. The number of likely N-dealkylation sites (N-methyl/N-ethyl adjacent to an activating group) is 1. The van der Waals surface area contributed by atoms with Gasteiger partial charge < -0.3 is 19.7 Å². The number of likely N-dealkylation sites (tertiary alicyclic amines) is 1. The van der Waals surface area contributed by atoms with Crippen molar-refractivity contribution >= 4 is 0 Å². The monoisotopic (exact) mass is 292 g/mol. The molecule has 118 valence electrons. The van der Waals surface area contributed by atoms with E-state index in [1.54, 1.807) is 7.11 Å². The largest absolute Gasteiger partial charge is 0.493 e. The van der Waals surface area contributed by atoms with E-state index in [-0.39, 0.29) is 0 Å². The molecule has 1 unspecified atom stereocenters. The van der Waals surface area contributed by atoms with E-state index >= 15 is 0 Å². The molecule has 0 aromatic heterocycles. The standard InChI is InChI=1S/C17H28N2O2/c1-4-21-16-8-7-14(12-17(16)20-3)11-15(18-2)13-19-9-5-6-10-19/h7-8,12,15,18H,4-6,9-11,13H2,1-3H3. The van der Waals surface area contributed by atoms with Crippen molar-refractivity contribution in [1.29, 1.82) is 0 Å². The van der Waals surface area contributed by atoms with Gasteiger partial charge in [0.1, 0.15) is 0 Å². The molecule has 2 rings (SSSR count). The minimum absolute atomic E-state index is 0.478. The quantitative estimate of drug-likeness (QED) is 0.797. The maximum Gasteiger partial charge on any atom is 0.161 e. The molecule has 1 N–H and O–H groups in total. The van der Waals surface area contributed by atoms with Gasteiger partial charge in [0.2, 0.25) is 0 Å². The summed E-state index contributed by atoms with van der Waals surface area (Å²) >= 11 is 0. The van der Waals surface area contributed by atoms with Gasteiger partial charge in [-0.1, -0.05) is 6.07 Å². The maximum atomic E-state index is 5.57. The van der Waals surface area contributed by atoms with Gasteiger partial charge in [-0.2, -0.15) is 0 Å². The highest BCUT2D eigenvalue weighted by Gasteiger charge is 2.17. The van der Waals surface area contributed by atoms with E-state index in [4.69, 9.17) is 9.47 Å². The zero-order valence-corrected chi connectivity index (χ0v) is 13.5. The fraction of sp³-hybridized carbons (Fsp3) is 0.647. The molecule has 1 atom stereocenters. The topological polar surface area (TPSA) is 33.7 Å². The fourth-order valence-corrected chi connectivity index (χ4v) is 2.93. The van der Waals surface area contributed by atoms with Gasteiger partial charge >= 0.3 is 0 Å². The van der Waals surface area contributed by atoms with E-state index in [0.717, 1.165) is 24.5 Å². The second kappa shape index (κ2) is 8.25. The van der Waals surface area contributed by atoms with Crippen LogP contribution in [0.25, 0.3) is 0 Å². The number of hydrogen-bond acceptors (Lipinski definition) is 4. The van der Waals surface area contributed by atoms with Crippen LogP contribution in [0.5, 0.6) is 11.5 Å². The van der Waals surface area contributed by atoms with Crippen LogP contribution in [0.4, 0.5) is 0 Å². The van der Waals surface area contributed by atoms with Crippen molar-refractivity contribution in [3.05, 3.63) is 23.8 Å². The third-order valence-electron chi connectivity index (χ3n) is 4.10. The maximum absolute atomic E-state index is 5.57. The highest BCUT2D eigenvalue weighted by atomic mass is 16.5. The summed E-state index contributed by atoms with van der Waals surface area (Å²) in [7, 11) is 3.74. The van der Waals surface area contributed by atoms with Gasteiger partial charge in [-0.25, -0.2) is 0 Å². The lowest BCUT2D eigenvalue weighted by molar-refractivity contribution is 0.295. The summed E-state index contributed by atoms with van der Waals surface area (Å²) in [4.78, 5) is 2.55. The first-order valence-corrected chi connectivity index (χ1v) is 7.96. The Bertz CT molecular complexity index is 431. The summed E-state index contributed by atoms with van der Waals surface area (Å²) in [6.45, 7) is 6.24. The second-order valence-electron chi connectivity index (χ2n) is 5.62. The van der Waals surface area contributed by atoms with Crippen molar-refractivity contribution in [3.8, 4) is 11.5 Å². The number of rotatable bonds is 8. The summed E-state index contributed by atoms with van der Waals surface area (Å²) < 4.78 is 11.0. The summed E-state index contributed by atoms with van der Waals surface area (Å²) in [6.07, 6.45) is 3.69. The van der Waals surface area contributed by atoms with Crippen LogP contribution in [0.1, 0.15) is 25.3 Å². The van der Waals surface area contributed by atoms with Crippen LogP contribution in [0.3, 0.4) is 0 Å². The third kappa shape index (κ3) is 4.61. The first-order valence-electron chi connectivity index (χ1n) is 7.96. The van der Waals surface area contributed by atoms with Gasteiger partial charge in [0.15, 0.2) is 11.5 Å². The lowest BCUT2D eigenvalue weighted by Gasteiger charge is -2.23. The van der Waals surface area contributed by atoms with E-state index in [1.165, 1.54) is 31.5 Å². The molecule has 4 heteroatoms. The fourth-order valence-electron chi connectivity index (χ4n) is 2.93. The molecule has 1 aromatic carbocycles. The van der Waals surface area contributed by atoms with E-state index in [0.29, 0.717) is 12.6 Å².